The number of halogens is 2. The van der Waals surface area contributed by atoms with Gasteiger partial charge in [-0.1, -0.05) is 5.16 Å². The molecule has 0 saturated carbocycles. The third-order valence-corrected chi connectivity index (χ3v) is 3.09. The molecule has 0 N–H and O–H groups in total. The smallest absolute Gasteiger partial charge is 0.268 e. The number of alkyl halides is 2. The molecule has 0 amide bonds. The van der Waals surface area contributed by atoms with Gasteiger partial charge in [0.15, 0.2) is 5.82 Å². The van der Waals surface area contributed by atoms with Gasteiger partial charge in [0.2, 0.25) is 0 Å². The fourth-order valence-electron chi connectivity index (χ4n) is 1.30. The molecule has 0 aliphatic rings. The molecule has 0 radical (unpaired) electrons. The topological polar surface area (TPSA) is 71.9 Å². The molecular formula is C11H9F2N3O2S. The van der Waals surface area contributed by atoms with Crippen LogP contribution >= 0.6 is 11.3 Å². The Morgan fingerprint density at radius 2 is 2.32 bits per heavy atom. The summed E-state index contributed by atoms with van der Waals surface area (Å²) >= 11 is 1.24. The van der Waals surface area contributed by atoms with Crippen LogP contribution < -0.4 is 0 Å². The molecule has 8 heteroatoms. The minimum Gasteiger partial charge on any atom is -0.375 e. The first-order valence-corrected chi connectivity index (χ1v) is 6.19. The van der Waals surface area contributed by atoms with Crippen molar-refractivity contribution in [3.05, 3.63) is 22.8 Å². The lowest BCUT2D eigenvalue weighted by Gasteiger charge is -1.99. The maximum Gasteiger partial charge on any atom is 0.268 e. The Kier molecular flexibility index (Phi) is 4.54. The molecule has 2 aromatic rings. The Balaban J connectivity index is 1.90. The summed E-state index contributed by atoms with van der Waals surface area (Å²) in [5.41, 5.74) is 0. The van der Waals surface area contributed by atoms with E-state index in [0.29, 0.717) is 27.9 Å². The molecule has 0 fully saturated rings. The first kappa shape index (κ1) is 13.6. The predicted molar refractivity (Wildman–Crippen MR) is 62.9 cm³/mol. The summed E-state index contributed by atoms with van der Waals surface area (Å²) in [5.74, 6) is 0.700. The fourth-order valence-corrected chi connectivity index (χ4v) is 2.03. The molecule has 2 aromatic heterocycles. The summed E-state index contributed by atoms with van der Waals surface area (Å²) in [6, 6.07) is 5.39. The maximum absolute atomic E-state index is 11.8. The molecule has 5 nitrogen and oxygen atoms in total. The normalized spacial score (nSPS) is 10.8. The highest BCUT2D eigenvalue weighted by atomic mass is 32.1. The molecule has 0 bridgehead atoms. The van der Waals surface area contributed by atoms with Crippen LogP contribution in [-0.4, -0.2) is 29.8 Å². The first-order valence-electron chi connectivity index (χ1n) is 5.38. The average molecular weight is 285 g/mol. The van der Waals surface area contributed by atoms with Crippen molar-refractivity contribution >= 4 is 11.3 Å². The van der Waals surface area contributed by atoms with Gasteiger partial charge in [0.05, 0.1) is 11.5 Å². The average Bonchev–Trinajstić information content (AvgIpc) is 3.02. The van der Waals surface area contributed by atoms with Gasteiger partial charge in [-0.25, -0.2) is 8.78 Å². The third-order valence-electron chi connectivity index (χ3n) is 2.11. The molecule has 0 saturated heterocycles. The van der Waals surface area contributed by atoms with E-state index in [-0.39, 0.29) is 6.61 Å². The van der Waals surface area contributed by atoms with E-state index in [1.165, 1.54) is 11.3 Å². The zero-order valence-corrected chi connectivity index (χ0v) is 10.5. The lowest BCUT2D eigenvalue weighted by atomic mass is 10.4. The molecule has 19 heavy (non-hydrogen) atoms. The van der Waals surface area contributed by atoms with Gasteiger partial charge in [-0.3, -0.25) is 0 Å². The minimum absolute atomic E-state index is 0.108. The minimum atomic E-state index is -2.48. The maximum atomic E-state index is 11.8. The van der Waals surface area contributed by atoms with Crippen LogP contribution in [0, 0.1) is 11.3 Å². The summed E-state index contributed by atoms with van der Waals surface area (Å²) in [6.07, 6.45) is -2.18. The van der Waals surface area contributed by atoms with Crippen molar-refractivity contribution in [3.8, 4) is 16.8 Å². The summed E-state index contributed by atoms with van der Waals surface area (Å²) < 4.78 is 33.4. The van der Waals surface area contributed by atoms with Crippen molar-refractivity contribution in [2.45, 2.75) is 12.8 Å². The first-order chi connectivity index (χ1) is 9.19. The number of nitrogens with zero attached hydrogens (tertiary/aromatic N) is 3. The van der Waals surface area contributed by atoms with E-state index in [1.807, 2.05) is 6.07 Å². The fraction of sp³-hybridized carbons (Fsp3) is 0.364. The van der Waals surface area contributed by atoms with E-state index in [9.17, 15) is 8.78 Å². The number of nitriles is 1. The summed E-state index contributed by atoms with van der Waals surface area (Å²) in [4.78, 5) is 5.35. The highest BCUT2D eigenvalue weighted by molar-refractivity contribution is 7.15. The third kappa shape index (κ3) is 3.81. The van der Waals surface area contributed by atoms with Crippen molar-refractivity contribution in [1.29, 1.82) is 5.26 Å². The van der Waals surface area contributed by atoms with E-state index < -0.39 is 13.0 Å². The largest absolute Gasteiger partial charge is 0.375 e. The Bertz CT molecular complexity index is 577. The number of hydrogen-bond acceptors (Lipinski definition) is 6. The molecule has 0 unspecified atom stereocenters. The predicted octanol–water partition coefficient (Wildman–Crippen LogP) is 2.49. The second-order valence-electron chi connectivity index (χ2n) is 3.51. The van der Waals surface area contributed by atoms with Gasteiger partial charge in [-0.05, 0) is 12.1 Å². The van der Waals surface area contributed by atoms with Crippen molar-refractivity contribution in [2.24, 2.45) is 0 Å². The van der Waals surface area contributed by atoms with Crippen LogP contribution in [0.3, 0.4) is 0 Å². The van der Waals surface area contributed by atoms with Gasteiger partial charge in [-0.15, -0.1) is 11.3 Å². The molecule has 100 valence electrons. The molecule has 0 aliphatic heterocycles. The van der Waals surface area contributed by atoms with Crippen LogP contribution in [0.15, 0.2) is 16.7 Å². The molecule has 0 aliphatic carbocycles. The van der Waals surface area contributed by atoms with Crippen molar-refractivity contribution < 1.29 is 18.0 Å². The van der Waals surface area contributed by atoms with Crippen LogP contribution in [0.25, 0.3) is 10.8 Å². The van der Waals surface area contributed by atoms with E-state index in [4.69, 9.17) is 14.5 Å². The summed E-state index contributed by atoms with van der Waals surface area (Å²) in [7, 11) is 0. The highest BCUT2D eigenvalue weighted by Gasteiger charge is 2.11. The van der Waals surface area contributed by atoms with E-state index >= 15 is 0 Å². The monoisotopic (exact) mass is 285 g/mol. The quantitative estimate of drug-likeness (QED) is 0.762. The number of hydrogen-bond donors (Lipinski definition) is 0. The molecule has 2 rings (SSSR count). The number of rotatable bonds is 6. The standard InChI is InChI=1S/C11H9F2N3O2S/c12-9(13)6-17-4-3-10-15-11(18-16-10)8-2-1-7(5-14)19-8/h1-2,9H,3-4,6H2. The second kappa shape index (κ2) is 6.36. The van der Waals surface area contributed by atoms with Crippen LogP contribution in [0.1, 0.15) is 10.7 Å². The zero-order chi connectivity index (χ0) is 13.7. The van der Waals surface area contributed by atoms with Gasteiger partial charge in [-0.2, -0.15) is 10.2 Å². The van der Waals surface area contributed by atoms with Gasteiger partial charge in [0.1, 0.15) is 17.6 Å². The Morgan fingerprint density at radius 1 is 1.47 bits per heavy atom. The van der Waals surface area contributed by atoms with Crippen LogP contribution in [0.4, 0.5) is 8.78 Å². The van der Waals surface area contributed by atoms with Crippen molar-refractivity contribution in [3.63, 3.8) is 0 Å². The van der Waals surface area contributed by atoms with Crippen LogP contribution in [-0.2, 0) is 11.2 Å². The second-order valence-corrected chi connectivity index (χ2v) is 4.59. The van der Waals surface area contributed by atoms with E-state index in [1.54, 1.807) is 12.1 Å². The van der Waals surface area contributed by atoms with Crippen LogP contribution in [0.2, 0.25) is 0 Å². The number of ether oxygens (including phenoxy) is 1. The zero-order valence-electron chi connectivity index (χ0n) is 9.68. The van der Waals surface area contributed by atoms with Crippen molar-refractivity contribution in [1.82, 2.24) is 10.1 Å². The lowest BCUT2D eigenvalue weighted by Crippen LogP contribution is -2.07. The van der Waals surface area contributed by atoms with Gasteiger partial charge < -0.3 is 9.26 Å². The van der Waals surface area contributed by atoms with Gasteiger partial charge in [0.25, 0.3) is 12.3 Å². The summed E-state index contributed by atoms with van der Waals surface area (Å²) in [5, 5.41) is 12.4. The molecule has 0 atom stereocenters. The highest BCUT2D eigenvalue weighted by Crippen LogP contribution is 2.26. The number of aromatic nitrogens is 2. The van der Waals surface area contributed by atoms with Gasteiger partial charge in [0, 0.05) is 6.42 Å². The number of thiophene rings is 1. The Labute approximate surface area is 111 Å². The van der Waals surface area contributed by atoms with Crippen LogP contribution in [0.5, 0.6) is 0 Å². The van der Waals surface area contributed by atoms with Crippen molar-refractivity contribution in [2.75, 3.05) is 13.2 Å². The molecule has 0 aromatic carbocycles. The lowest BCUT2D eigenvalue weighted by molar-refractivity contribution is 0.0182. The SMILES string of the molecule is N#Cc1ccc(-c2nc(CCOCC(F)F)no2)s1. The molecular weight excluding hydrogens is 276 g/mol. The summed E-state index contributed by atoms with van der Waals surface area (Å²) in [6.45, 7) is -0.488. The molecule has 0 spiro atoms. The van der Waals surface area contributed by atoms with Gasteiger partial charge >= 0.3 is 0 Å². The molecule has 2 heterocycles. The van der Waals surface area contributed by atoms with E-state index in [0.717, 1.165) is 0 Å². The Morgan fingerprint density at radius 3 is 3.00 bits per heavy atom. The Hall–Kier alpha value is -1.85. The van der Waals surface area contributed by atoms with E-state index in [2.05, 4.69) is 10.1 Å².